The molecule has 0 spiro atoms. The molecule has 0 saturated carbocycles. The van der Waals surface area contributed by atoms with Crippen LogP contribution in [-0.2, 0) is 9.53 Å². The summed E-state index contributed by atoms with van der Waals surface area (Å²) >= 11 is 0. The molecule has 2 aromatic carbocycles. The molecule has 4 rings (SSSR count). The second-order valence-electron chi connectivity index (χ2n) is 6.92. The van der Waals surface area contributed by atoms with E-state index in [4.69, 9.17) is 4.74 Å². The standard InChI is InChI=1S/C21H23FN4O3/c1-2-18(27)21(28)23-20-19-16(25-10-12-29-13-11-25)4-3-5-17(19)26(24-20)15-8-6-14(22)7-9-15/h3-9,18,27H,2,10-13H2,1H3,(H,23,24,28)/t18-/m0/s1. The Morgan fingerprint density at radius 3 is 2.66 bits per heavy atom. The van der Waals surface area contributed by atoms with Crippen molar-refractivity contribution in [1.29, 1.82) is 0 Å². The number of aliphatic hydroxyl groups is 1. The number of hydrogen-bond acceptors (Lipinski definition) is 5. The first-order valence-electron chi connectivity index (χ1n) is 9.67. The quantitative estimate of drug-likeness (QED) is 0.691. The maximum Gasteiger partial charge on any atom is 0.254 e. The lowest BCUT2D eigenvalue weighted by Crippen LogP contribution is -2.36. The Hall–Kier alpha value is -2.97. The van der Waals surface area contributed by atoms with Gasteiger partial charge in [0.1, 0.15) is 11.9 Å². The van der Waals surface area contributed by atoms with Gasteiger partial charge in [-0.15, -0.1) is 5.10 Å². The SMILES string of the molecule is CC[C@H](O)C(=O)Nc1nn(-c2ccc(F)cc2)c2cccc(N3CCOCC3)c12. The number of fused-ring (bicyclic) bond motifs is 1. The summed E-state index contributed by atoms with van der Waals surface area (Å²) in [6, 6.07) is 11.8. The van der Waals surface area contributed by atoms with Crippen LogP contribution >= 0.6 is 0 Å². The Bertz CT molecular complexity index is 1010. The predicted octanol–water partition coefficient (Wildman–Crippen LogP) is 2.71. The molecule has 1 aromatic heterocycles. The summed E-state index contributed by atoms with van der Waals surface area (Å²) in [4.78, 5) is 14.6. The Labute approximate surface area is 167 Å². The second kappa shape index (κ2) is 8.18. The first kappa shape index (κ1) is 19.4. The number of nitrogens with zero attached hydrogens (tertiary/aromatic N) is 3. The van der Waals surface area contributed by atoms with Gasteiger partial charge in [0, 0.05) is 13.1 Å². The van der Waals surface area contributed by atoms with E-state index in [-0.39, 0.29) is 5.82 Å². The lowest BCUT2D eigenvalue weighted by Gasteiger charge is -2.29. The van der Waals surface area contributed by atoms with Crippen LogP contribution in [0.15, 0.2) is 42.5 Å². The molecule has 0 unspecified atom stereocenters. The van der Waals surface area contributed by atoms with E-state index in [1.165, 1.54) is 12.1 Å². The monoisotopic (exact) mass is 398 g/mol. The molecule has 3 aromatic rings. The first-order valence-corrected chi connectivity index (χ1v) is 9.67. The molecule has 0 aliphatic carbocycles. The van der Waals surface area contributed by atoms with Crippen molar-refractivity contribution in [3.63, 3.8) is 0 Å². The van der Waals surface area contributed by atoms with E-state index in [2.05, 4.69) is 15.3 Å². The van der Waals surface area contributed by atoms with Crippen LogP contribution in [0.1, 0.15) is 13.3 Å². The van der Waals surface area contributed by atoms with Crippen molar-refractivity contribution in [2.24, 2.45) is 0 Å². The van der Waals surface area contributed by atoms with Crippen LogP contribution in [0.2, 0.25) is 0 Å². The molecule has 1 atom stereocenters. The van der Waals surface area contributed by atoms with Gasteiger partial charge in [0.05, 0.1) is 35.5 Å². The van der Waals surface area contributed by atoms with E-state index in [0.717, 1.165) is 29.7 Å². The van der Waals surface area contributed by atoms with Gasteiger partial charge in [0.2, 0.25) is 0 Å². The molecule has 0 bridgehead atoms. The lowest BCUT2D eigenvalue weighted by molar-refractivity contribution is -0.124. The van der Waals surface area contributed by atoms with E-state index in [9.17, 15) is 14.3 Å². The number of hydrogen-bond donors (Lipinski definition) is 2. The minimum absolute atomic E-state index is 0.304. The average Bonchev–Trinajstić information content (AvgIpc) is 3.12. The highest BCUT2D eigenvalue weighted by atomic mass is 19.1. The van der Waals surface area contributed by atoms with E-state index in [1.807, 2.05) is 18.2 Å². The fourth-order valence-corrected chi connectivity index (χ4v) is 3.47. The van der Waals surface area contributed by atoms with Crippen LogP contribution in [0.3, 0.4) is 0 Å². The van der Waals surface area contributed by atoms with Crippen LogP contribution in [0, 0.1) is 5.82 Å². The zero-order chi connectivity index (χ0) is 20.4. The number of aliphatic hydroxyl groups excluding tert-OH is 1. The van der Waals surface area contributed by atoms with Crippen LogP contribution in [0.25, 0.3) is 16.6 Å². The maximum atomic E-state index is 13.4. The summed E-state index contributed by atoms with van der Waals surface area (Å²) in [5.41, 5.74) is 2.38. The van der Waals surface area contributed by atoms with Crippen molar-refractivity contribution in [3.8, 4) is 5.69 Å². The maximum absolute atomic E-state index is 13.4. The Balaban J connectivity index is 1.86. The Morgan fingerprint density at radius 2 is 1.97 bits per heavy atom. The number of morpholine rings is 1. The van der Waals surface area contributed by atoms with Gasteiger partial charge in [-0.2, -0.15) is 0 Å². The number of aromatic nitrogens is 2. The van der Waals surface area contributed by atoms with Crippen molar-refractivity contribution < 1.29 is 19.0 Å². The molecule has 7 nitrogen and oxygen atoms in total. The molecule has 1 saturated heterocycles. The Morgan fingerprint density at radius 1 is 1.24 bits per heavy atom. The lowest BCUT2D eigenvalue weighted by atomic mass is 10.1. The average molecular weight is 398 g/mol. The van der Waals surface area contributed by atoms with Crippen molar-refractivity contribution in [3.05, 3.63) is 48.3 Å². The number of carbonyl (C=O) groups excluding carboxylic acids is 1. The third kappa shape index (κ3) is 3.81. The number of ether oxygens (including phenoxy) is 1. The minimum Gasteiger partial charge on any atom is -0.383 e. The number of amides is 1. The van der Waals surface area contributed by atoms with Crippen LogP contribution in [0.5, 0.6) is 0 Å². The molecular weight excluding hydrogens is 375 g/mol. The molecule has 1 fully saturated rings. The van der Waals surface area contributed by atoms with Crippen LogP contribution < -0.4 is 10.2 Å². The highest BCUT2D eigenvalue weighted by Crippen LogP contribution is 2.35. The van der Waals surface area contributed by atoms with Crippen molar-refractivity contribution >= 4 is 28.3 Å². The summed E-state index contributed by atoms with van der Waals surface area (Å²) in [5.74, 6) is -0.474. The van der Waals surface area contributed by atoms with Crippen molar-refractivity contribution in [2.45, 2.75) is 19.4 Å². The van der Waals surface area contributed by atoms with E-state index in [1.54, 1.807) is 23.7 Å². The third-order valence-electron chi connectivity index (χ3n) is 5.04. The minimum atomic E-state index is -1.11. The topological polar surface area (TPSA) is 79.6 Å². The predicted molar refractivity (Wildman–Crippen MR) is 109 cm³/mol. The molecule has 1 aliphatic heterocycles. The molecule has 152 valence electrons. The summed E-state index contributed by atoms with van der Waals surface area (Å²) in [7, 11) is 0. The second-order valence-corrected chi connectivity index (χ2v) is 6.92. The number of carbonyl (C=O) groups is 1. The normalized spacial score (nSPS) is 15.5. The molecule has 0 radical (unpaired) electrons. The largest absolute Gasteiger partial charge is 0.383 e. The molecule has 1 amide bonds. The number of rotatable bonds is 5. The van der Waals surface area contributed by atoms with Gasteiger partial charge in [-0.05, 0) is 42.8 Å². The van der Waals surface area contributed by atoms with Crippen LogP contribution in [0.4, 0.5) is 15.9 Å². The van der Waals surface area contributed by atoms with Gasteiger partial charge in [0.15, 0.2) is 5.82 Å². The van der Waals surface area contributed by atoms with E-state index < -0.39 is 12.0 Å². The molecule has 1 aliphatic rings. The summed E-state index contributed by atoms with van der Waals surface area (Å²) in [5, 5.41) is 18.0. The molecular formula is C21H23FN4O3. The Kier molecular flexibility index (Phi) is 5.46. The summed E-state index contributed by atoms with van der Waals surface area (Å²) < 4.78 is 20.5. The van der Waals surface area contributed by atoms with E-state index >= 15 is 0 Å². The molecule has 8 heteroatoms. The number of benzene rings is 2. The molecule has 2 heterocycles. The first-order chi connectivity index (χ1) is 14.1. The van der Waals surface area contributed by atoms with E-state index in [0.29, 0.717) is 31.1 Å². The van der Waals surface area contributed by atoms with Crippen LogP contribution in [-0.4, -0.2) is 53.2 Å². The summed E-state index contributed by atoms with van der Waals surface area (Å²) in [6.07, 6.45) is -0.810. The number of halogens is 1. The highest BCUT2D eigenvalue weighted by Gasteiger charge is 2.23. The number of nitrogens with one attached hydrogen (secondary N) is 1. The highest BCUT2D eigenvalue weighted by molar-refractivity contribution is 6.07. The van der Waals surface area contributed by atoms with Crippen molar-refractivity contribution in [1.82, 2.24) is 9.78 Å². The van der Waals surface area contributed by atoms with Gasteiger partial charge >= 0.3 is 0 Å². The van der Waals surface area contributed by atoms with Gasteiger partial charge in [-0.25, -0.2) is 9.07 Å². The fourth-order valence-electron chi connectivity index (χ4n) is 3.47. The van der Waals surface area contributed by atoms with Gasteiger partial charge in [-0.1, -0.05) is 13.0 Å². The van der Waals surface area contributed by atoms with Crippen molar-refractivity contribution in [2.75, 3.05) is 36.5 Å². The fraction of sp³-hybridized carbons (Fsp3) is 0.333. The van der Waals surface area contributed by atoms with Gasteiger partial charge in [0.25, 0.3) is 5.91 Å². The van der Waals surface area contributed by atoms with Gasteiger partial charge < -0.3 is 20.1 Å². The van der Waals surface area contributed by atoms with Gasteiger partial charge in [-0.3, -0.25) is 4.79 Å². The number of anilines is 2. The molecule has 2 N–H and O–H groups in total. The third-order valence-corrected chi connectivity index (χ3v) is 5.04. The smallest absolute Gasteiger partial charge is 0.254 e. The zero-order valence-corrected chi connectivity index (χ0v) is 16.1. The zero-order valence-electron chi connectivity index (χ0n) is 16.1. The summed E-state index contributed by atoms with van der Waals surface area (Å²) in [6.45, 7) is 4.44. The molecule has 29 heavy (non-hydrogen) atoms.